The third-order valence-electron chi connectivity index (χ3n) is 6.01. The number of ether oxygens (including phenoxy) is 2. The number of amides is 2. The van der Waals surface area contributed by atoms with Gasteiger partial charge in [0.05, 0.1) is 0 Å². The van der Waals surface area contributed by atoms with Gasteiger partial charge < -0.3 is 25.2 Å². The molecule has 3 rings (SSSR count). The van der Waals surface area contributed by atoms with Crippen LogP contribution in [0.25, 0.3) is 11.1 Å². The lowest BCUT2D eigenvalue weighted by atomic mass is 9.98. The van der Waals surface area contributed by atoms with E-state index in [0.29, 0.717) is 6.42 Å². The van der Waals surface area contributed by atoms with E-state index < -0.39 is 29.6 Å². The van der Waals surface area contributed by atoms with E-state index in [1.54, 1.807) is 13.8 Å². The smallest absolute Gasteiger partial charge is 0.407 e. The summed E-state index contributed by atoms with van der Waals surface area (Å²) in [4.78, 5) is 36.1. The molecule has 8 nitrogen and oxygen atoms in total. The zero-order valence-electron chi connectivity index (χ0n) is 19.8. The fourth-order valence-electron chi connectivity index (χ4n) is 4.16. The Bertz CT molecular complexity index is 990. The molecule has 34 heavy (non-hydrogen) atoms. The summed E-state index contributed by atoms with van der Waals surface area (Å²) < 4.78 is 10.5. The van der Waals surface area contributed by atoms with Crippen LogP contribution in [0.3, 0.4) is 0 Å². The molecule has 0 heterocycles. The Morgan fingerprint density at radius 2 is 1.62 bits per heavy atom. The number of carbonyl (C=O) groups excluding carboxylic acids is 2. The summed E-state index contributed by atoms with van der Waals surface area (Å²) in [6.07, 6.45) is 0.00207. The van der Waals surface area contributed by atoms with Gasteiger partial charge in [-0.05, 0) is 42.5 Å². The third-order valence-corrected chi connectivity index (χ3v) is 6.01. The summed E-state index contributed by atoms with van der Waals surface area (Å²) in [6, 6.07) is 15.2. The van der Waals surface area contributed by atoms with Crippen molar-refractivity contribution in [1.29, 1.82) is 0 Å². The van der Waals surface area contributed by atoms with Crippen molar-refractivity contribution in [2.75, 3.05) is 20.3 Å². The van der Waals surface area contributed by atoms with Gasteiger partial charge in [0.2, 0.25) is 5.91 Å². The quantitative estimate of drug-likeness (QED) is 0.464. The normalized spacial score (nSPS) is 13.5. The molecule has 182 valence electrons. The molecular weight excluding hydrogens is 436 g/mol. The Hall–Kier alpha value is -3.39. The molecule has 0 radical (unpaired) electrons. The number of hydrogen-bond acceptors (Lipinski definition) is 5. The van der Waals surface area contributed by atoms with Crippen LogP contribution in [-0.4, -0.2) is 55.0 Å². The van der Waals surface area contributed by atoms with Gasteiger partial charge in [0.15, 0.2) is 0 Å². The molecule has 2 aromatic carbocycles. The van der Waals surface area contributed by atoms with Gasteiger partial charge in [0.25, 0.3) is 0 Å². The molecule has 0 spiro atoms. The Morgan fingerprint density at radius 3 is 2.18 bits per heavy atom. The number of hydrogen-bond donors (Lipinski definition) is 3. The Kier molecular flexibility index (Phi) is 8.28. The number of fused-ring (bicyclic) bond motifs is 3. The fourth-order valence-corrected chi connectivity index (χ4v) is 4.16. The summed E-state index contributed by atoms with van der Waals surface area (Å²) >= 11 is 0. The number of nitrogens with one attached hydrogen (secondary N) is 2. The zero-order valence-corrected chi connectivity index (χ0v) is 19.8. The minimum Gasteiger partial charge on any atom is -0.480 e. The van der Waals surface area contributed by atoms with Crippen molar-refractivity contribution in [2.45, 2.75) is 50.6 Å². The first kappa shape index (κ1) is 25.2. The van der Waals surface area contributed by atoms with Crippen LogP contribution >= 0.6 is 0 Å². The van der Waals surface area contributed by atoms with Crippen LogP contribution in [0.4, 0.5) is 4.79 Å². The first-order valence-corrected chi connectivity index (χ1v) is 11.4. The molecule has 1 aliphatic rings. The van der Waals surface area contributed by atoms with E-state index in [1.165, 1.54) is 7.11 Å². The molecule has 1 unspecified atom stereocenters. The third kappa shape index (κ3) is 6.35. The predicted octanol–water partition coefficient (Wildman–Crippen LogP) is 3.69. The Morgan fingerprint density at radius 1 is 1.03 bits per heavy atom. The van der Waals surface area contributed by atoms with Gasteiger partial charge in [0.1, 0.15) is 12.6 Å². The molecule has 2 amide bonds. The van der Waals surface area contributed by atoms with Crippen LogP contribution in [0, 0.1) is 0 Å². The van der Waals surface area contributed by atoms with Crippen molar-refractivity contribution >= 4 is 18.0 Å². The van der Waals surface area contributed by atoms with Crippen molar-refractivity contribution in [3.63, 3.8) is 0 Å². The number of aliphatic carboxylic acids is 1. The Labute approximate surface area is 199 Å². The molecule has 8 heteroatoms. The van der Waals surface area contributed by atoms with E-state index >= 15 is 0 Å². The summed E-state index contributed by atoms with van der Waals surface area (Å²) in [5.74, 6) is -1.54. The topological polar surface area (TPSA) is 114 Å². The van der Waals surface area contributed by atoms with Crippen molar-refractivity contribution in [2.24, 2.45) is 0 Å². The molecule has 1 aliphatic carbocycles. The maximum Gasteiger partial charge on any atom is 0.407 e. The monoisotopic (exact) mass is 468 g/mol. The van der Waals surface area contributed by atoms with Gasteiger partial charge in [-0.15, -0.1) is 0 Å². The number of carbonyl (C=O) groups is 3. The second kappa shape index (κ2) is 11.2. The lowest BCUT2D eigenvalue weighted by Crippen LogP contribution is -2.46. The van der Waals surface area contributed by atoms with E-state index in [0.717, 1.165) is 22.3 Å². The fraction of sp³-hybridized carbons (Fsp3) is 0.423. The molecule has 0 saturated carbocycles. The van der Waals surface area contributed by atoms with Gasteiger partial charge in [0, 0.05) is 38.0 Å². The lowest BCUT2D eigenvalue weighted by molar-refractivity contribution is -0.142. The molecule has 3 N–H and O–H groups in total. The summed E-state index contributed by atoms with van der Waals surface area (Å²) in [5, 5.41) is 14.5. The average molecular weight is 469 g/mol. The number of rotatable bonds is 11. The molecule has 0 aliphatic heterocycles. The first-order chi connectivity index (χ1) is 16.2. The molecular formula is C26H32N2O6. The number of benzene rings is 2. The maximum atomic E-state index is 12.5. The van der Waals surface area contributed by atoms with Gasteiger partial charge in [-0.25, -0.2) is 9.59 Å². The van der Waals surface area contributed by atoms with Crippen molar-refractivity contribution < 1.29 is 29.0 Å². The molecule has 2 aromatic rings. The number of methoxy groups -OCH3 is 1. The largest absolute Gasteiger partial charge is 0.480 e. The Balaban J connectivity index is 1.51. The van der Waals surface area contributed by atoms with Crippen LogP contribution < -0.4 is 10.6 Å². The van der Waals surface area contributed by atoms with Crippen molar-refractivity contribution in [3.8, 4) is 11.1 Å². The van der Waals surface area contributed by atoms with E-state index in [9.17, 15) is 19.5 Å². The van der Waals surface area contributed by atoms with Gasteiger partial charge in [-0.2, -0.15) is 0 Å². The summed E-state index contributed by atoms with van der Waals surface area (Å²) in [5.41, 5.74) is 3.86. The first-order valence-electron chi connectivity index (χ1n) is 11.4. The molecule has 0 aromatic heterocycles. The van der Waals surface area contributed by atoms with E-state index in [-0.39, 0.29) is 32.0 Å². The highest BCUT2D eigenvalue weighted by Gasteiger charge is 2.30. The highest BCUT2D eigenvalue weighted by molar-refractivity contribution is 5.83. The standard InChI is InChI=1S/C26H32N2O6/c1-26(2,14-12-23(29)27-22(24(30)31)13-15-33-3)28-25(32)34-16-21-19-10-6-4-8-17(19)18-9-5-7-11-20(18)21/h4-11,21-22H,12-16H2,1-3H3,(H,27,29)(H,28,32)(H,30,31). The van der Waals surface area contributed by atoms with Crippen LogP contribution in [-0.2, 0) is 19.1 Å². The zero-order chi connectivity index (χ0) is 24.7. The number of carboxylic acid groups (broad SMARTS) is 1. The molecule has 1 atom stereocenters. The average Bonchev–Trinajstić information content (AvgIpc) is 3.12. The molecule has 0 fully saturated rings. The second-order valence-electron chi connectivity index (χ2n) is 9.07. The SMILES string of the molecule is COCCC(NC(=O)CCC(C)(C)NC(=O)OCC1c2ccccc2-c2ccccc21)C(=O)O. The molecule has 0 saturated heterocycles. The molecule has 0 bridgehead atoms. The maximum absolute atomic E-state index is 12.5. The van der Waals surface area contributed by atoms with Crippen LogP contribution in [0.15, 0.2) is 48.5 Å². The number of alkyl carbamates (subject to hydrolysis) is 1. The van der Waals surface area contributed by atoms with E-state index in [2.05, 4.69) is 34.9 Å². The van der Waals surface area contributed by atoms with E-state index in [4.69, 9.17) is 9.47 Å². The minimum atomic E-state index is -1.11. The summed E-state index contributed by atoms with van der Waals surface area (Å²) in [6.45, 7) is 4.02. The summed E-state index contributed by atoms with van der Waals surface area (Å²) in [7, 11) is 1.47. The van der Waals surface area contributed by atoms with Gasteiger partial charge in [-0.1, -0.05) is 48.5 Å². The van der Waals surface area contributed by atoms with E-state index in [1.807, 2.05) is 24.3 Å². The van der Waals surface area contributed by atoms with Crippen LogP contribution in [0.1, 0.15) is 50.2 Å². The van der Waals surface area contributed by atoms with Gasteiger partial charge >= 0.3 is 12.1 Å². The highest BCUT2D eigenvalue weighted by atomic mass is 16.5. The highest BCUT2D eigenvalue weighted by Crippen LogP contribution is 2.44. The van der Waals surface area contributed by atoms with Crippen LogP contribution in [0.5, 0.6) is 0 Å². The predicted molar refractivity (Wildman–Crippen MR) is 128 cm³/mol. The van der Waals surface area contributed by atoms with Crippen molar-refractivity contribution in [3.05, 3.63) is 59.7 Å². The van der Waals surface area contributed by atoms with Crippen LogP contribution in [0.2, 0.25) is 0 Å². The minimum absolute atomic E-state index is 0.0351. The van der Waals surface area contributed by atoms with Gasteiger partial charge in [-0.3, -0.25) is 4.79 Å². The number of carboxylic acids is 1. The second-order valence-corrected chi connectivity index (χ2v) is 9.07. The van der Waals surface area contributed by atoms with Crippen molar-refractivity contribution in [1.82, 2.24) is 10.6 Å². The lowest BCUT2D eigenvalue weighted by Gasteiger charge is -2.26.